The van der Waals surface area contributed by atoms with Crippen molar-refractivity contribution in [1.82, 2.24) is 4.98 Å². The lowest BCUT2D eigenvalue weighted by atomic mass is 10.1. The molecule has 1 heterocycles. The van der Waals surface area contributed by atoms with Crippen molar-refractivity contribution < 1.29 is 4.39 Å². The quantitative estimate of drug-likeness (QED) is 0.735. The van der Waals surface area contributed by atoms with Crippen LogP contribution in [0.2, 0.25) is 5.02 Å². The van der Waals surface area contributed by atoms with Crippen LogP contribution < -0.4 is 5.73 Å². The molecule has 2 nitrogen and oxygen atoms in total. The van der Waals surface area contributed by atoms with Gasteiger partial charge in [-0.2, -0.15) is 0 Å². The number of hydrogen-bond donors (Lipinski definition) is 1. The molecule has 3 rings (SSSR count). The van der Waals surface area contributed by atoms with Crippen LogP contribution in [0, 0.1) is 5.82 Å². The topological polar surface area (TPSA) is 38.9 Å². The van der Waals surface area contributed by atoms with Gasteiger partial charge in [-0.3, -0.25) is 0 Å². The maximum absolute atomic E-state index is 14.0. The zero-order chi connectivity index (χ0) is 14.1. The van der Waals surface area contributed by atoms with E-state index >= 15 is 0 Å². The molecule has 2 aromatic carbocycles. The monoisotopic (exact) mass is 304 g/mol. The van der Waals surface area contributed by atoms with Gasteiger partial charge in [-0.25, -0.2) is 9.37 Å². The van der Waals surface area contributed by atoms with Crippen LogP contribution in [0.15, 0.2) is 48.5 Å². The maximum Gasteiger partial charge on any atom is 0.134 e. The highest BCUT2D eigenvalue weighted by Gasteiger charge is 2.15. The first-order chi connectivity index (χ1) is 9.65. The smallest absolute Gasteiger partial charge is 0.134 e. The minimum absolute atomic E-state index is 0.350. The summed E-state index contributed by atoms with van der Waals surface area (Å²) in [4.78, 5) is 4.45. The van der Waals surface area contributed by atoms with Crippen molar-refractivity contribution in [3.8, 4) is 21.8 Å². The van der Waals surface area contributed by atoms with E-state index < -0.39 is 5.82 Å². The summed E-state index contributed by atoms with van der Waals surface area (Å²) in [5.41, 5.74) is 7.76. The Balaban J connectivity index is 2.10. The van der Waals surface area contributed by atoms with Gasteiger partial charge in [0, 0.05) is 16.1 Å². The highest BCUT2D eigenvalue weighted by atomic mass is 35.5. The van der Waals surface area contributed by atoms with E-state index in [1.807, 2.05) is 30.3 Å². The number of hydrogen-bond acceptors (Lipinski definition) is 3. The molecule has 2 N–H and O–H groups in total. The predicted molar refractivity (Wildman–Crippen MR) is 82.4 cm³/mol. The summed E-state index contributed by atoms with van der Waals surface area (Å²) in [5, 5.41) is 1.61. The highest BCUT2D eigenvalue weighted by Crippen LogP contribution is 2.37. The lowest BCUT2D eigenvalue weighted by Crippen LogP contribution is -1.89. The molecule has 1 aromatic heterocycles. The lowest BCUT2D eigenvalue weighted by molar-refractivity contribution is 0.631. The Kier molecular flexibility index (Phi) is 3.42. The fraction of sp³-hybridized carbons (Fsp3) is 0. The fourth-order valence-corrected chi connectivity index (χ4v) is 2.92. The van der Waals surface area contributed by atoms with Crippen LogP contribution in [0.1, 0.15) is 0 Å². The van der Waals surface area contributed by atoms with Crippen LogP contribution in [-0.4, -0.2) is 4.98 Å². The second-order valence-corrected chi connectivity index (χ2v) is 5.69. The molecule has 0 radical (unpaired) electrons. The number of rotatable bonds is 2. The lowest BCUT2D eigenvalue weighted by Gasteiger charge is -2.01. The van der Waals surface area contributed by atoms with Gasteiger partial charge in [0.2, 0.25) is 0 Å². The molecule has 0 aliphatic rings. The molecule has 0 aliphatic heterocycles. The third-order valence-electron chi connectivity index (χ3n) is 2.86. The summed E-state index contributed by atoms with van der Waals surface area (Å²) in [6, 6.07) is 14.2. The number of aromatic nitrogens is 1. The Bertz CT molecular complexity index is 756. The van der Waals surface area contributed by atoms with Crippen LogP contribution in [0.4, 0.5) is 9.39 Å². The first-order valence-corrected chi connectivity index (χ1v) is 7.12. The van der Waals surface area contributed by atoms with Crippen LogP contribution in [0.3, 0.4) is 0 Å². The van der Waals surface area contributed by atoms with Gasteiger partial charge in [-0.05, 0) is 18.2 Å². The van der Waals surface area contributed by atoms with Crippen molar-refractivity contribution in [2.75, 3.05) is 5.73 Å². The summed E-state index contributed by atoms with van der Waals surface area (Å²) >= 11 is 7.10. The van der Waals surface area contributed by atoms with Gasteiger partial charge in [0.15, 0.2) is 0 Å². The van der Waals surface area contributed by atoms with Crippen molar-refractivity contribution in [2.45, 2.75) is 0 Å². The molecule has 0 atom stereocenters. The number of thiazole rings is 1. The molecule has 0 unspecified atom stereocenters. The van der Waals surface area contributed by atoms with E-state index in [4.69, 9.17) is 17.3 Å². The van der Waals surface area contributed by atoms with Crippen LogP contribution in [0.25, 0.3) is 21.8 Å². The SMILES string of the molecule is Nc1sc(-c2ccccc2)nc1-c1ccc(Cl)cc1F. The molecule has 0 bridgehead atoms. The number of nitrogens with zero attached hydrogens (tertiary/aromatic N) is 1. The minimum atomic E-state index is -0.422. The van der Waals surface area contributed by atoms with Crippen LogP contribution in [-0.2, 0) is 0 Å². The van der Waals surface area contributed by atoms with Gasteiger partial charge < -0.3 is 5.73 Å². The summed E-state index contributed by atoms with van der Waals surface area (Å²) in [6.45, 7) is 0. The van der Waals surface area contributed by atoms with Crippen molar-refractivity contribution in [3.05, 3.63) is 59.4 Å². The average Bonchev–Trinajstić information content (AvgIpc) is 2.82. The van der Waals surface area contributed by atoms with E-state index in [2.05, 4.69) is 4.98 Å². The second kappa shape index (κ2) is 5.23. The van der Waals surface area contributed by atoms with E-state index in [-0.39, 0.29) is 0 Å². The molecule has 3 aromatic rings. The number of nitrogens with two attached hydrogens (primary N) is 1. The number of nitrogen functional groups attached to an aromatic ring is 1. The number of halogens is 2. The van der Waals surface area contributed by atoms with E-state index in [9.17, 15) is 4.39 Å². The molecular weight excluding hydrogens is 295 g/mol. The van der Waals surface area contributed by atoms with Gasteiger partial charge in [-0.1, -0.05) is 53.3 Å². The van der Waals surface area contributed by atoms with Crippen molar-refractivity contribution in [1.29, 1.82) is 0 Å². The molecular formula is C15H10ClFN2S. The Morgan fingerprint density at radius 1 is 1.10 bits per heavy atom. The van der Waals surface area contributed by atoms with Gasteiger partial charge in [0.05, 0.1) is 0 Å². The van der Waals surface area contributed by atoms with Crippen molar-refractivity contribution in [3.63, 3.8) is 0 Å². The van der Waals surface area contributed by atoms with Crippen molar-refractivity contribution in [2.24, 2.45) is 0 Å². The highest BCUT2D eigenvalue weighted by molar-refractivity contribution is 7.19. The van der Waals surface area contributed by atoms with Gasteiger partial charge in [0.1, 0.15) is 21.5 Å². The normalized spacial score (nSPS) is 10.7. The van der Waals surface area contributed by atoms with Gasteiger partial charge in [0.25, 0.3) is 0 Å². The second-order valence-electron chi connectivity index (χ2n) is 4.22. The average molecular weight is 305 g/mol. The third kappa shape index (κ3) is 2.40. The minimum Gasteiger partial charge on any atom is -0.389 e. The third-order valence-corrected chi connectivity index (χ3v) is 4.03. The van der Waals surface area contributed by atoms with E-state index in [0.717, 1.165) is 10.6 Å². The van der Waals surface area contributed by atoms with Crippen molar-refractivity contribution >= 4 is 27.9 Å². The van der Waals surface area contributed by atoms with E-state index in [0.29, 0.717) is 21.3 Å². The van der Waals surface area contributed by atoms with Crippen LogP contribution >= 0.6 is 22.9 Å². The molecule has 5 heteroatoms. The molecule has 0 aliphatic carbocycles. The number of anilines is 1. The molecule has 20 heavy (non-hydrogen) atoms. The number of benzene rings is 2. The van der Waals surface area contributed by atoms with Gasteiger partial charge in [-0.15, -0.1) is 0 Å². The fourth-order valence-electron chi connectivity index (χ4n) is 1.91. The zero-order valence-corrected chi connectivity index (χ0v) is 11.9. The first kappa shape index (κ1) is 13.1. The van der Waals surface area contributed by atoms with E-state index in [1.54, 1.807) is 12.1 Å². The molecule has 100 valence electrons. The molecule has 0 saturated heterocycles. The Morgan fingerprint density at radius 3 is 2.55 bits per heavy atom. The summed E-state index contributed by atoms with van der Waals surface area (Å²) in [5.74, 6) is -0.422. The van der Waals surface area contributed by atoms with E-state index in [1.165, 1.54) is 17.4 Å². The predicted octanol–water partition coefficient (Wildman–Crippen LogP) is 4.85. The standard InChI is InChI=1S/C15H10ClFN2S/c16-10-6-7-11(12(17)8-10)13-14(18)20-15(19-13)9-4-2-1-3-5-9/h1-8H,18H2. The Hall–Kier alpha value is -1.91. The maximum atomic E-state index is 14.0. The van der Waals surface area contributed by atoms with Gasteiger partial charge >= 0.3 is 0 Å². The Labute approximate surface area is 124 Å². The Morgan fingerprint density at radius 2 is 1.85 bits per heavy atom. The summed E-state index contributed by atoms with van der Waals surface area (Å²) in [6.07, 6.45) is 0. The zero-order valence-electron chi connectivity index (χ0n) is 10.3. The summed E-state index contributed by atoms with van der Waals surface area (Å²) < 4.78 is 14.0. The molecule has 0 spiro atoms. The molecule has 0 saturated carbocycles. The summed E-state index contributed by atoms with van der Waals surface area (Å²) in [7, 11) is 0. The largest absolute Gasteiger partial charge is 0.389 e. The molecule has 0 fully saturated rings. The first-order valence-electron chi connectivity index (χ1n) is 5.92. The van der Waals surface area contributed by atoms with Crippen LogP contribution in [0.5, 0.6) is 0 Å². The molecule has 0 amide bonds.